The Bertz CT molecular complexity index is 1720. The maximum atomic E-state index is 13.6. The zero-order valence-electron chi connectivity index (χ0n) is 25.8. The topological polar surface area (TPSA) is 145 Å². The number of rotatable bonds is 11. The van der Waals surface area contributed by atoms with Crippen LogP contribution in [0.15, 0.2) is 72.9 Å². The summed E-state index contributed by atoms with van der Waals surface area (Å²) in [5, 5.41) is 14.7. The Balaban J connectivity index is 0.000000804. The van der Waals surface area contributed by atoms with Crippen LogP contribution >= 0.6 is 0 Å². The normalized spacial score (nSPS) is 12.0. The second kappa shape index (κ2) is 15.9. The molecule has 0 bridgehead atoms. The van der Waals surface area contributed by atoms with Gasteiger partial charge < -0.3 is 35.7 Å². The molecule has 48 heavy (non-hydrogen) atoms. The highest BCUT2D eigenvalue weighted by molar-refractivity contribution is 5.94. The van der Waals surface area contributed by atoms with Crippen LogP contribution in [-0.2, 0) is 16.1 Å². The molecule has 0 aliphatic rings. The number of carbonyl (C=O) groups is 2. The minimum absolute atomic E-state index is 0.101. The molecule has 1 atom stereocenters. The largest absolute Gasteiger partial charge is 0.573 e. The smallest absolute Gasteiger partial charge is 0.490 e. The van der Waals surface area contributed by atoms with Gasteiger partial charge in [0.25, 0.3) is 0 Å². The first-order valence-corrected chi connectivity index (χ1v) is 14.2. The lowest BCUT2D eigenvalue weighted by Crippen LogP contribution is -2.33. The molecule has 0 spiro atoms. The summed E-state index contributed by atoms with van der Waals surface area (Å²) in [4.78, 5) is 26.6. The van der Waals surface area contributed by atoms with E-state index < -0.39 is 30.5 Å². The van der Waals surface area contributed by atoms with Crippen LogP contribution in [0.4, 0.5) is 37.8 Å². The number of amides is 1. The zero-order chi connectivity index (χ0) is 35.6. The number of carboxylic acids is 1. The monoisotopic (exact) mass is 682 g/mol. The number of carboxylic acid groups (broad SMARTS) is 1. The first-order valence-electron chi connectivity index (χ1n) is 14.2. The number of aromatic nitrogens is 1. The van der Waals surface area contributed by atoms with Gasteiger partial charge in [-0.25, -0.2) is 9.78 Å². The summed E-state index contributed by atoms with van der Waals surface area (Å²) in [7, 11) is 0. The van der Waals surface area contributed by atoms with Crippen LogP contribution in [0.1, 0.15) is 37.9 Å². The van der Waals surface area contributed by atoms with Crippen LogP contribution in [0.2, 0.25) is 0 Å². The number of nitrogens with one attached hydrogen (secondary N) is 2. The van der Waals surface area contributed by atoms with E-state index in [0.717, 1.165) is 10.8 Å². The number of nitrogens with zero attached hydrogens (tertiary/aromatic N) is 1. The first-order chi connectivity index (χ1) is 22.5. The van der Waals surface area contributed by atoms with Crippen LogP contribution in [0, 0.1) is 0 Å². The fourth-order valence-corrected chi connectivity index (χ4v) is 4.24. The maximum Gasteiger partial charge on any atom is 0.573 e. The van der Waals surface area contributed by atoms with Gasteiger partial charge in [0, 0.05) is 29.4 Å². The average Bonchev–Trinajstić information content (AvgIpc) is 2.99. The zero-order valence-corrected chi connectivity index (χ0v) is 25.8. The molecule has 3 aromatic carbocycles. The number of hydrogen-bond acceptors (Lipinski definition) is 8. The number of fused-ring (bicyclic) bond motifs is 1. The van der Waals surface area contributed by atoms with E-state index in [-0.39, 0.29) is 24.0 Å². The van der Waals surface area contributed by atoms with Gasteiger partial charge in [-0.3, -0.25) is 4.79 Å². The summed E-state index contributed by atoms with van der Waals surface area (Å²) in [5.74, 6) is -2.27. The summed E-state index contributed by atoms with van der Waals surface area (Å²) < 4.78 is 86.2. The molecule has 4 aromatic rings. The van der Waals surface area contributed by atoms with Crippen LogP contribution in [0.5, 0.6) is 17.2 Å². The molecule has 0 aliphatic heterocycles. The fourth-order valence-electron chi connectivity index (χ4n) is 4.24. The number of anilines is 2. The minimum Gasteiger partial charge on any atom is -0.490 e. The van der Waals surface area contributed by atoms with Crippen LogP contribution in [0.3, 0.4) is 0 Å². The third-order valence-corrected chi connectivity index (χ3v) is 6.23. The highest BCUT2D eigenvalue weighted by Gasteiger charge is 2.38. The number of pyridine rings is 1. The predicted molar refractivity (Wildman–Crippen MR) is 165 cm³/mol. The van der Waals surface area contributed by atoms with Crippen LogP contribution in [0.25, 0.3) is 10.8 Å². The molecule has 0 saturated heterocycles. The molecule has 258 valence electrons. The number of ether oxygens (including phenoxy) is 3. The molecule has 1 unspecified atom stereocenters. The van der Waals surface area contributed by atoms with E-state index >= 15 is 0 Å². The average molecular weight is 683 g/mol. The third-order valence-electron chi connectivity index (χ3n) is 6.23. The van der Waals surface area contributed by atoms with E-state index in [4.69, 9.17) is 25.1 Å². The lowest BCUT2D eigenvalue weighted by Gasteiger charge is -2.23. The standard InChI is InChI=1S/C30H31F3N4O4.C2HF3O2/c1-4-39-26-16-20(9-12-25(26)40-18(2)3)27(37-22-10-11-23-19(15-22)13-14-35-28(23)34)29(38)36-17-21-7-5-6-8-24(21)41-30(31,32)33;3-2(4,5)1(6)7/h5-16,18,27,37H,4,17H2,1-3H3,(H2,34,35)(H,36,38);(H,6,7). The molecule has 0 fully saturated rings. The van der Waals surface area contributed by atoms with Crippen LogP contribution in [-0.4, -0.2) is 47.2 Å². The number of aliphatic carboxylic acids is 1. The number of halogens is 6. The van der Waals surface area contributed by atoms with Gasteiger partial charge in [-0.2, -0.15) is 13.2 Å². The Labute approximate surface area is 270 Å². The van der Waals surface area contributed by atoms with Crippen molar-refractivity contribution >= 4 is 34.2 Å². The summed E-state index contributed by atoms with van der Waals surface area (Å²) in [6.07, 6.45) is -8.46. The summed E-state index contributed by atoms with van der Waals surface area (Å²) in [6, 6.07) is 17.1. The quantitative estimate of drug-likeness (QED) is 0.123. The number of carbonyl (C=O) groups excluding carboxylic acids is 1. The van der Waals surface area contributed by atoms with Crippen molar-refractivity contribution in [2.45, 2.75) is 52.0 Å². The van der Waals surface area contributed by atoms with Gasteiger partial charge in [-0.1, -0.05) is 24.3 Å². The molecule has 1 amide bonds. The van der Waals surface area contributed by atoms with Crippen molar-refractivity contribution in [1.29, 1.82) is 0 Å². The van der Waals surface area contributed by atoms with Gasteiger partial charge in [0.15, 0.2) is 11.5 Å². The number of hydrogen-bond donors (Lipinski definition) is 4. The van der Waals surface area contributed by atoms with Gasteiger partial charge in [-0.15, -0.1) is 13.2 Å². The van der Waals surface area contributed by atoms with Gasteiger partial charge >= 0.3 is 18.5 Å². The fraction of sp³-hybridized carbons (Fsp3) is 0.281. The highest BCUT2D eigenvalue weighted by atomic mass is 19.4. The van der Waals surface area contributed by atoms with E-state index in [1.54, 1.807) is 48.7 Å². The molecule has 16 heteroatoms. The molecule has 0 aliphatic carbocycles. The van der Waals surface area contributed by atoms with E-state index in [0.29, 0.717) is 35.2 Å². The van der Waals surface area contributed by atoms with Crippen molar-refractivity contribution in [3.05, 3.63) is 84.1 Å². The van der Waals surface area contributed by atoms with Crippen molar-refractivity contribution in [3.8, 4) is 17.2 Å². The summed E-state index contributed by atoms with van der Waals surface area (Å²) >= 11 is 0. The molecule has 1 heterocycles. The van der Waals surface area contributed by atoms with Crippen LogP contribution < -0.4 is 30.6 Å². The molecule has 10 nitrogen and oxygen atoms in total. The lowest BCUT2D eigenvalue weighted by atomic mass is 10.0. The Morgan fingerprint density at radius 1 is 0.938 bits per heavy atom. The van der Waals surface area contributed by atoms with Crippen molar-refractivity contribution in [2.24, 2.45) is 0 Å². The number of benzene rings is 3. The Morgan fingerprint density at radius 2 is 1.62 bits per heavy atom. The van der Waals surface area contributed by atoms with Crippen molar-refractivity contribution in [1.82, 2.24) is 10.3 Å². The predicted octanol–water partition coefficient (Wildman–Crippen LogP) is 7.00. The lowest BCUT2D eigenvalue weighted by molar-refractivity contribution is -0.274. The molecule has 0 radical (unpaired) electrons. The molecule has 4 rings (SSSR count). The third kappa shape index (κ3) is 10.8. The molecular formula is C32H32F6N4O6. The van der Waals surface area contributed by atoms with E-state index in [1.807, 2.05) is 26.8 Å². The van der Waals surface area contributed by atoms with Crippen molar-refractivity contribution < 1.29 is 55.2 Å². The van der Waals surface area contributed by atoms with E-state index in [2.05, 4.69) is 20.4 Å². The SMILES string of the molecule is CCOc1cc(C(Nc2ccc3c(N)nccc3c2)C(=O)NCc2ccccc2OC(F)(F)F)ccc1OC(C)C.O=C(O)C(F)(F)F. The highest BCUT2D eigenvalue weighted by Crippen LogP contribution is 2.34. The minimum atomic E-state index is -5.08. The number of alkyl halides is 6. The van der Waals surface area contributed by atoms with Gasteiger partial charge in [0.1, 0.15) is 17.6 Å². The van der Waals surface area contributed by atoms with Crippen molar-refractivity contribution in [2.75, 3.05) is 17.7 Å². The molecule has 0 saturated carbocycles. The van der Waals surface area contributed by atoms with Gasteiger partial charge in [0.2, 0.25) is 5.91 Å². The van der Waals surface area contributed by atoms with Crippen molar-refractivity contribution in [3.63, 3.8) is 0 Å². The summed E-state index contributed by atoms with van der Waals surface area (Å²) in [5.41, 5.74) is 7.32. The second-order valence-corrected chi connectivity index (χ2v) is 10.2. The van der Waals surface area contributed by atoms with E-state index in [9.17, 15) is 31.1 Å². The first kappa shape index (κ1) is 37.1. The van der Waals surface area contributed by atoms with E-state index in [1.165, 1.54) is 18.2 Å². The molecule has 5 N–H and O–H groups in total. The molecular weight excluding hydrogens is 650 g/mol. The second-order valence-electron chi connectivity index (χ2n) is 10.2. The number of nitrogen functional groups attached to an aromatic ring is 1. The Kier molecular flexibility index (Phi) is 12.3. The number of para-hydroxylation sites is 1. The number of nitrogens with two attached hydrogens (primary N) is 1. The maximum absolute atomic E-state index is 13.6. The Hall–Kier alpha value is -5.41. The van der Waals surface area contributed by atoms with Gasteiger partial charge in [-0.05, 0) is 74.2 Å². The summed E-state index contributed by atoms with van der Waals surface area (Å²) in [6.45, 7) is 5.80. The molecule has 1 aromatic heterocycles. The Morgan fingerprint density at radius 3 is 2.25 bits per heavy atom. The van der Waals surface area contributed by atoms with Gasteiger partial charge in [0.05, 0.1) is 12.7 Å².